The van der Waals surface area contributed by atoms with Gasteiger partial charge in [-0.05, 0) is 29.5 Å². The van der Waals surface area contributed by atoms with Crippen molar-refractivity contribution in [2.45, 2.75) is 12.8 Å². The van der Waals surface area contributed by atoms with Crippen LogP contribution in [0.2, 0.25) is 0 Å². The van der Waals surface area contributed by atoms with Gasteiger partial charge in [0.15, 0.2) is 5.78 Å². The summed E-state index contributed by atoms with van der Waals surface area (Å²) in [5, 5.41) is 1.90. The number of hydrogen-bond acceptors (Lipinski definition) is 4. The molecule has 0 N–H and O–H groups in total. The zero-order valence-corrected chi connectivity index (χ0v) is 12.1. The SMILES string of the molecule is COC(=O)[C@@H]1C(=O)c2ccsc2[C@H]1c1ccccc1C. The molecule has 1 aromatic carbocycles. The molecule has 1 heterocycles. The van der Waals surface area contributed by atoms with E-state index in [0.717, 1.165) is 16.0 Å². The molecule has 0 bridgehead atoms. The monoisotopic (exact) mass is 286 g/mol. The van der Waals surface area contributed by atoms with Gasteiger partial charge in [0.05, 0.1) is 7.11 Å². The van der Waals surface area contributed by atoms with Crippen molar-refractivity contribution >= 4 is 23.1 Å². The van der Waals surface area contributed by atoms with E-state index in [1.165, 1.54) is 18.4 Å². The van der Waals surface area contributed by atoms with Gasteiger partial charge in [0.2, 0.25) is 0 Å². The molecule has 0 unspecified atom stereocenters. The Hall–Kier alpha value is -1.94. The normalized spacial score (nSPS) is 20.8. The number of esters is 1. The molecule has 1 aromatic heterocycles. The van der Waals surface area contributed by atoms with E-state index in [1.54, 1.807) is 6.07 Å². The van der Waals surface area contributed by atoms with E-state index >= 15 is 0 Å². The van der Waals surface area contributed by atoms with Crippen molar-refractivity contribution in [1.82, 2.24) is 0 Å². The van der Waals surface area contributed by atoms with Gasteiger partial charge < -0.3 is 4.74 Å². The third kappa shape index (κ3) is 1.79. The minimum atomic E-state index is -0.747. The minimum absolute atomic E-state index is 0.124. The summed E-state index contributed by atoms with van der Waals surface area (Å²) in [4.78, 5) is 25.5. The van der Waals surface area contributed by atoms with Gasteiger partial charge in [-0.25, -0.2) is 0 Å². The Morgan fingerprint density at radius 1 is 1.25 bits per heavy atom. The Morgan fingerprint density at radius 3 is 2.70 bits per heavy atom. The molecule has 0 amide bonds. The van der Waals surface area contributed by atoms with Crippen molar-refractivity contribution in [2.75, 3.05) is 7.11 Å². The Kier molecular flexibility index (Phi) is 3.18. The van der Waals surface area contributed by atoms with Crippen LogP contribution in [0.15, 0.2) is 35.7 Å². The number of aryl methyl sites for hydroxylation is 1. The van der Waals surface area contributed by atoms with Crippen molar-refractivity contribution in [1.29, 1.82) is 0 Å². The zero-order chi connectivity index (χ0) is 14.3. The van der Waals surface area contributed by atoms with E-state index in [9.17, 15) is 9.59 Å². The van der Waals surface area contributed by atoms with Crippen LogP contribution in [-0.2, 0) is 9.53 Å². The molecule has 0 radical (unpaired) electrons. The van der Waals surface area contributed by atoms with Gasteiger partial charge in [0.1, 0.15) is 5.92 Å². The van der Waals surface area contributed by atoms with Crippen molar-refractivity contribution in [3.63, 3.8) is 0 Å². The molecule has 0 saturated heterocycles. The quantitative estimate of drug-likeness (QED) is 0.629. The molecule has 3 nitrogen and oxygen atoms in total. The predicted molar refractivity (Wildman–Crippen MR) is 77.2 cm³/mol. The predicted octanol–water partition coefficient (Wildman–Crippen LogP) is 3.17. The van der Waals surface area contributed by atoms with E-state index in [2.05, 4.69) is 0 Å². The third-order valence-electron chi connectivity index (χ3n) is 3.84. The number of ketones is 1. The standard InChI is InChI=1S/C16H14O3S/c1-9-5-3-4-6-10(9)12-13(16(18)19-2)14(17)11-7-8-20-15(11)12/h3-8,12-13H,1-2H3/t12-,13-/m0/s1. The Bertz CT molecular complexity index is 687. The summed E-state index contributed by atoms with van der Waals surface area (Å²) in [6.45, 7) is 2.00. The van der Waals surface area contributed by atoms with Gasteiger partial charge >= 0.3 is 5.97 Å². The molecule has 0 saturated carbocycles. The largest absolute Gasteiger partial charge is 0.468 e. The van der Waals surface area contributed by atoms with Gasteiger partial charge in [-0.3, -0.25) is 9.59 Å². The highest BCUT2D eigenvalue weighted by atomic mass is 32.1. The minimum Gasteiger partial charge on any atom is -0.468 e. The van der Waals surface area contributed by atoms with Crippen LogP contribution < -0.4 is 0 Å². The number of ether oxygens (including phenoxy) is 1. The van der Waals surface area contributed by atoms with Crippen LogP contribution in [0.5, 0.6) is 0 Å². The molecule has 0 fully saturated rings. The molecule has 0 spiro atoms. The first-order valence-corrected chi connectivity index (χ1v) is 7.28. The summed E-state index contributed by atoms with van der Waals surface area (Å²) in [5.41, 5.74) is 2.77. The fourth-order valence-electron chi connectivity index (χ4n) is 2.86. The summed E-state index contributed by atoms with van der Waals surface area (Å²) in [5.74, 6) is -1.54. The van der Waals surface area contributed by atoms with E-state index < -0.39 is 11.9 Å². The lowest BCUT2D eigenvalue weighted by Crippen LogP contribution is -2.26. The zero-order valence-electron chi connectivity index (χ0n) is 11.3. The van der Waals surface area contributed by atoms with Crippen molar-refractivity contribution < 1.29 is 14.3 Å². The summed E-state index contributed by atoms with van der Waals surface area (Å²) < 4.78 is 4.84. The molecule has 102 valence electrons. The van der Waals surface area contributed by atoms with Gasteiger partial charge in [0, 0.05) is 16.4 Å². The van der Waals surface area contributed by atoms with Gasteiger partial charge in [-0.1, -0.05) is 24.3 Å². The number of Topliss-reactive ketones (excluding diaryl/α,β-unsaturated/α-hetero) is 1. The lowest BCUT2D eigenvalue weighted by molar-refractivity contribution is -0.143. The molecule has 4 heteroatoms. The van der Waals surface area contributed by atoms with E-state index in [4.69, 9.17) is 4.74 Å². The van der Waals surface area contributed by atoms with Gasteiger partial charge in [-0.2, -0.15) is 0 Å². The van der Waals surface area contributed by atoms with E-state index in [1.807, 2.05) is 36.6 Å². The van der Waals surface area contributed by atoms with E-state index in [-0.39, 0.29) is 11.7 Å². The molecule has 1 aliphatic carbocycles. The molecule has 20 heavy (non-hydrogen) atoms. The number of carbonyl (C=O) groups is 2. The fraction of sp³-hybridized carbons (Fsp3) is 0.250. The summed E-state index contributed by atoms with van der Waals surface area (Å²) in [6.07, 6.45) is 0. The number of fused-ring (bicyclic) bond motifs is 1. The summed E-state index contributed by atoms with van der Waals surface area (Å²) in [7, 11) is 1.33. The van der Waals surface area contributed by atoms with Crippen LogP contribution in [0.1, 0.15) is 32.3 Å². The maximum absolute atomic E-state index is 12.5. The van der Waals surface area contributed by atoms with Crippen LogP contribution >= 0.6 is 11.3 Å². The van der Waals surface area contributed by atoms with Gasteiger partial charge in [0.25, 0.3) is 0 Å². The average molecular weight is 286 g/mol. The van der Waals surface area contributed by atoms with Crippen LogP contribution in [0.3, 0.4) is 0 Å². The Balaban J connectivity index is 2.17. The number of rotatable bonds is 2. The number of benzene rings is 1. The fourth-order valence-corrected chi connectivity index (χ4v) is 3.92. The van der Waals surface area contributed by atoms with Crippen LogP contribution in [-0.4, -0.2) is 18.9 Å². The van der Waals surface area contributed by atoms with Crippen LogP contribution in [0.4, 0.5) is 0 Å². The van der Waals surface area contributed by atoms with E-state index in [0.29, 0.717) is 5.56 Å². The first kappa shape index (κ1) is 13.1. The summed E-state index contributed by atoms with van der Waals surface area (Å²) in [6, 6.07) is 9.68. The van der Waals surface area contributed by atoms with Crippen molar-refractivity contribution in [3.8, 4) is 0 Å². The number of methoxy groups -OCH3 is 1. The number of hydrogen-bond donors (Lipinski definition) is 0. The summed E-state index contributed by atoms with van der Waals surface area (Å²) >= 11 is 1.53. The highest BCUT2D eigenvalue weighted by Gasteiger charge is 2.46. The second-order valence-electron chi connectivity index (χ2n) is 4.90. The first-order valence-electron chi connectivity index (χ1n) is 6.40. The lowest BCUT2D eigenvalue weighted by atomic mass is 9.86. The molecular weight excluding hydrogens is 272 g/mol. The molecule has 2 aromatic rings. The number of carbonyl (C=O) groups excluding carboxylic acids is 2. The Morgan fingerprint density at radius 2 is 2.00 bits per heavy atom. The molecule has 1 aliphatic rings. The highest BCUT2D eigenvalue weighted by molar-refractivity contribution is 7.10. The maximum atomic E-state index is 12.5. The molecule has 3 rings (SSSR count). The van der Waals surface area contributed by atoms with Crippen molar-refractivity contribution in [3.05, 3.63) is 57.3 Å². The van der Waals surface area contributed by atoms with Crippen molar-refractivity contribution in [2.24, 2.45) is 5.92 Å². The Labute approximate surface area is 121 Å². The second kappa shape index (κ2) is 4.87. The third-order valence-corrected chi connectivity index (χ3v) is 4.84. The molecular formula is C16H14O3S. The molecule has 0 aliphatic heterocycles. The lowest BCUT2D eigenvalue weighted by Gasteiger charge is -2.19. The van der Waals surface area contributed by atoms with Gasteiger partial charge in [-0.15, -0.1) is 11.3 Å². The highest BCUT2D eigenvalue weighted by Crippen LogP contribution is 2.46. The van der Waals surface area contributed by atoms with Crippen LogP contribution in [0, 0.1) is 12.8 Å². The smallest absolute Gasteiger partial charge is 0.317 e. The first-order chi connectivity index (χ1) is 9.65. The topological polar surface area (TPSA) is 43.4 Å². The number of thiophene rings is 1. The average Bonchev–Trinajstić information content (AvgIpc) is 3.01. The molecule has 2 atom stereocenters. The van der Waals surface area contributed by atoms with Crippen LogP contribution in [0.25, 0.3) is 0 Å². The second-order valence-corrected chi connectivity index (χ2v) is 5.85. The maximum Gasteiger partial charge on any atom is 0.317 e.